The third kappa shape index (κ3) is 5.47. The summed E-state index contributed by atoms with van der Waals surface area (Å²) in [5, 5.41) is 7.75. The van der Waals surface area contributed by atoms with Gasteiger partial charge in [-0.05, 0) is 25.5 Å². The van der Waals surface area contributed by atoms with Crippen LogP contribution >= 0.6 is 0 Å². The fourth-order valence-corrected chi connectivity index (χ4v) is 1.74. The SMILES string of the molecule is CCc1cc(CC=CCCNCCOC)n(C)n1. The highest BCUT2D eigenvalue weighted by Gasteiger charge is 2.00. The normalized spacial score (nSPS) is 11.5. The van der Waals surface area contributed by atoms with Gasteiger partial charge in [0.1, 0.15) is 0 Å². The van der Waals surface area contributed by atoms with Crippen LogP contribution in [0.2, 0.25) is 0 Å². The average molecular weight is 251 g/mol. The van der Waals surface area contributed by atoms with Crippen LogP contribution in [0.1, 0.15) is 24.7 Å². The van der Waals surface area contributed by atoms with Crippen LogP contribution in [0.15, 0.2) is 18.2 Å². The molecule has 0 aliphatic rings. The van der Waals surface area contributed by atoms with E-state index in [1.54, 1.807) is 7.11 Å². The summed E-state index contributed by atoms with van der Waals surface area (Å²) in [6, 6.07) is 2.18. The lowest BCUT2D eigenvalue weighted by Crippen LogP contribution is -2.19. The molecule has 0 radical (unpaired) electrons. The van der Waals surface area contributed by atoms with Gasteiger partial charge in [0.15, 0.2) is 0 Å². The van der Waals surface area contributed by atoms with Crippen LogP contribution in [0, 0.1) is 0 Å². The lowest BCUT2D eigenvalue weighted by Gasteiger charge is -2.00. The van der Waals surface area contributed by atoms with Crippen molar-refractivity contribution in [1.82, 2.24) is 15.1 Å². The van der Waals surface area contributed by atoms with Crippen LogP contribution in [-0.4, -0.2) is 36.6 Å². The Labute approximate surface area is 110 Å². The number of ether oxygens (including phenoxy) is 1. The summed E-state index contributed by atoms with van der Waals surface area (Å²) in [6.07, 6.45) is 7.46. The van der Waals surface area contributed by atoms with E-state index in [2.05, 4.69) is 35.6 Å². The quantitative estimate of drug-likeness (QED) is 0.536. The Kier molecular flexibility index (Phi) is 7.37. The molecule has 0 aliphatic heterocycles. The Balaban J connectivity index is 2.17. The zero-order valence-electron chi connectivity index (χ0n) is 11.8. The number of allylic oxidation sites excluding steroid dienone is 1. The maximum Gasteiger partial charge on any atom is 0.0624 e. The second-order valence-corrected chi connectivity index (χ2v) is 4.31. The van der Waals surface area contributed by atoms with Crippen LogP contribution in [0.5, 0.6) is 0 Å². The summed E-state index contributed by atoms with van der Waals surface area (Å²) in [7, 11) is 3.73. The van der Waals surface area contributed by atoms with Gasteiger partial charge in [-0.15, -0.1) is 0 Å². The van der Waals surface area contributed by atoms with Crippen molar-refractivity contribution in [3.63, 3.8) is 0 Å². The molecule has 0 amide bonds. The lowest BCUT2D eigenvalue weighted by atomic mass is 10.2. The average Bonchev–Trinajstić information content (AvgIpc) is 2.73. The summed E-state index contributed by atoms with van der Waals surface area (Å²) < 4.78 is 6.94. The Morgan fingerprint density at radius 3 is 2.89 bits per heavy atom. The van der Waals surface area contributed by atoms with Gasteiger partial charge in [-0.3, -0.25) is 4.68 Å². The van der Waals surface area contributed by atoms with E-state index in [1.165, 1.54) is 11.4 Å². The molecule has 0 spiro atoms. The van der Waals surface area contributed by atoms with Crippen molar-refractivity contribution in [2.24, 2.45) is 7.05 Å². The van der Waals surface area contributed by atoms with Crippen LogP contribution in [0.4, 0.5) is 0 Å². The zero-order chi connectivity index (χ0) is 13.2. The summed E-state index contributed by atoms with van der Waals surface area (Å²) in [5.74, 6) is 0. The fourth-order valence-electron chi connectivity index (χ4n) is 1.74. The van der Waals surface area contributed by atoms with Gasteiger partial charge < -0.3 is 10.1 Å². The molecule has 18 heavy (non-hydrogen) atoms. The fraction of sp³-hybridized carbons (Fsp3) is 0.643. The van der Waals surface area contributed by atoms with E-state index >= 15 is 0 Å². The van der Waals surface area contributed by atoms with E-state index in [0.717, 1.165) is 39.0 Å². The predicted octanol–water partition coefficient (Wildman–Crippen LogP) is 1.71. The van der Waals surface area contributed by atoms with Crippen molar-refractivity contribution in [2.75, 3.05) is 26.8 Å². The minimum atomic E-state index is 0.776. The number of hydrogen-bond acceptors (Lipinski definition) is 3. The van der Waals surface area contributed by atoms with E-state index in [9.17, 15) is 0 Å². The number of rotatable bonds is 9. The maximum atomic E-state index is 4.96. The highest BCUT2D eigenvalue weighted by Crippen LogP contribution is 2.05. The van der Waals surface area contributed by atoms with Gasteiger partial charge in [-0.25, -0.2) is 0 Å². The molecule has 0 saturated carbocycles. The molecule has 0 aromatic carbocycles. The molecule has 1 rings (SSSR count). The van der Waals surface area contributed by atoms with Crippen molar-refractivity contribution >= 4 is 0 Å². The van der Waals surface area contributed by atoms with Gasteiger partial charge in [-0.2, -0.15) is 5.10 Å². The molecular formula is C14H25N3O. The first-order valence-electron chi connectivity index (χ1n) is 6.64. The molecule has 0 atom stereocenters. The molecule has 0 aliphatic carbocycles. The van der Waals surface area contributed by atoms with Gasteiger partial charge in [0.25, 0.3) is 0 Å². The number of hydrogen-bond donors (Lipinski definition) is 1. The Morgan fingerprint density at radius 1 is 1.39 bits per heavy atom. The molecule has 4 nitrogen and oxygen atoms in total. The summed E-state index contributed by atoms with van der Waals surface area (Å²) in [5.41, 5.74) is 2.44. The van der Waals surface area contributed by atoms with Crippen LogP contribution < -0.4 is 5.32 Å². The van der Waals surface area contributed by atoms with Gasteiger partial charge in [-0.1, -0.05) is 19.1 Å². The second-order valence-electron chi connectivity index (χ2n) is 4.31. The Morgan fingerprint density at radius 2 is 2.22 bits per heavy atom. The highest BCUT2D eigenvalue weighted by atomic mass is 16.5. The van der Waals surface area contributed by atoms with Crippen molar-refractivity contribution in [3.05, 3.63) is 29.6 Å². The van der Waals surface area contributed by atoms with Crippen molar-refractivity contribution in [2.45, 2.75) is 26.2 Å². The van der Waals surface area contributed by atoms with E-state index in [1.807, 2.05) is 11.7 Å². The molecule has 102 valence electrons. The molecule has 0 saturated heterocycles. The van der Waals surface area contributed by atoms with E-state index < -0.39 is 0 Å². The third-order valence-electron chi connectivity index (χ3n) is 2.85. The predicted molar refractivity (Wildman–Crippen MR) is 74.8 cm³/mol. The molecule has 1 aromatic heterocycles. The second kappa shape index (κ2) is 8.89. The number of aryl methyl sites for hydroxylation is 2. The zero-order valence-corrected chi connectivity index (χ0v) is 11.8. The minimum absolute atomic E-state index is 0.776. The molecule has 0 bridgehead atoms. The smallest absolute Gasteiger partial charge is 0.0624 e. The van der Waals surface area contributed by atoms with Crippen molar-refractivity contribution in [3.8, 4) is 0 Å². The Hall–Kier alpha value is -1.13. The molecule has 1 N–H and O–H groups in total. The topological polar surface area (TPSA) is 39.1 Å². The molecule has 1 heterocycles. The standard InChI is InChI=1S/C14H25N3O/c1-4-13-12-14(17(2)16-13)8-6-5-7-9-15-10-11-18-3/h5-6,12,15H,4,7-11H2,1-3H3. The summed E-state index contributed by atoms with van der Waals surface area (Å²) in [6.45, 7) is 4.84. The first kappa shape index (κ1) is 14.9. The third-order valence-corrected chi connectivity index (χ3v) is 2.85. The van der Waals surface area contributed by atoms with Crippen LogP contribution in [0.3, 0.4) is 0 Å². The number of nitrogens with zero attached hydrogens (tertiary/aromatic N) is 2. The number of methoxy groups -OCH3 is 1. The van der Waals surface area contributed by atoms with E-state index in [4.69, 9.17) is 4.74 Å². The summed E-state index contributed by atoms with van der Waals surface area (Å²) >= 11 is 0. The van der Waals surface area contributed by atoms with E-state index in [0.29, 0.717) is 0 Å². The van der Waals surface area contributed by atoms with Gasteiger partial charge in [0, 0.05) is 32.8 Å². The lowest BCUT2D eigenvalue weighted by molar-refractivity contribution is 0.199. The highest BCUT2D eigenvalue weighted by molar-refractivity contribution is 5.13. The molecule has 0 fully saturated rings. The number of aromatic nitrogens is 2. The van der Waals surface area contributed by atoms with Crippen LogP contribution in [0.25, 0.3) is 0 Å². The van der Waals surface area contributed by atoms with Gasteiger partial charge in [0.05, 0.1) is 12.3 Å². The van der Waals surface area contributed by atoms with Gasteiger partial charge >= 0.3 is 0 Å². The number of nitrogens with one attached hydrogen (secondary N) is 1. The molecule has 4 heteroatoms. The molecular weight excluding hydrogens is 226 g/mol. The van der Waals surface area contributed by atoms with Crippen molar-refractivity contribution in [1.29, 1.82) is 0 Å². The first-order valence-corrected chi connectivity index (χ1v) is 6.64. The molecule has 0 unspecified atom stereocenters. The van der Waals surface area contributed by atoms with Crippen LogP contribution in [-0.2, 0) is 24.6 Å². The van der Waals surface area contributed by atoms with Crippen molar-refractivity contribution < 1.29 is 4.74 Å². The Bertz CT molecular complexity index is 358. The first-order chi connectivity index (χ1) is 8.77. The monoisotopic (exact) mass is 251 g/mol. The summed E-state index contributed by atoms with van der Waals surface area (Å²) in [4.78, 5) is 0. The largest absolute Gasteiger partial charge is 0.383 e. The molecule has 1 aromatic rings. The maximum absolute atomic E-state index is 4.96. The van der Waals surface area contributed by atoms with Gasteiger partial charge in [0.2, 0.25) is 0 Å². The minimum Gasteiger partial charge on any atom is -0.383 e. The van der Waals surface area contributed by atoms with E-state index in [-0.39, 0.29) is 0 Å².